The van der Waals surface area contributed by atoms with Gasteiger partial charge in [0, 0.05) is 25.3 Å². The summed E-state index contributed by atoms with van der Waals surface area (Å²) in [5, 5.41) is 8.73. The molecule has 1 aliphatic heterocycles. The Labute approximate surface area is 146 Å². The van der Waals surface area contributed by atoms with E-state index in [1.54, 1.807) is 0 Å². The normalized spacial score (nSPS) is 15.3. The van der Waals surface area contributed by atoms with Crippen LogP contribution in [0.25, 0.3) is 11.0 Å². The standard InChI is InChI=1S/C19H21N5O/c1-2-24-18-6-4-3-5-17(18)20-19(24)22-21-15-7-9-16(10-8-15)23-11-13-25-14-12-23/h3-10H,2,11-14H2,1H3. The van der Waals surface area contributed by atoms with Gasteiger partial charge in [0.25, 0.3) is 0 Å². The molecule has 2 aromatic carbocycles. The molecule has 1 aliphatic rings. The van der Waals surface area contributed by atoms with Crippen molar-refractivity contribution >= 4 is 28.4 Å². The average Bonchev–Trinajstić information content (AvgIpc) is 3.05. The van der Waals surface area contributed by atoms with Crippen LogP contribution in [-0.4, -0.2) is 35.9 Å². The topological polar surface area (TPSA) is 55.0 Å². The van der Waals surface area contributed by atoms with E-state index in [1.807, 2.05) is 30.3 Å². The summed E-state index contributed by atoms with van der Waals surface area (Å²) in [5.41, 5.74) is 4.05. The van der Waals surface area contributed by atoms with Crippen molar-refractivity contribution in [3.63, 3.8) is 0 Å². The van der Waals surface area contributed by atoms with E-state index in [-0.39, 0.29) is 0 Å². The van der Waals surface area contributed by atoms with Gasteiger partial charge in [-0.05, 0) is 43.3 Å². The molecule has 0 unspecified atom stereocenters. The van der Waals surface area contributed by atoms with Gasteiger partial charge < -0.3 is 14.2 Å². The minimum Gasteiger partial charge on any atom is -0.378 e. The molecule has 2 heterocycles. The van der Waals surface area contributed by atoms with Crippen LogP contribution in [0, 0.1) is 0 Å². The van der Waals surface area contributed by atoms with Gasteiger partial charge >= 0.3 is 0 Å². The zero-order valence-corrected chi connectivity index (χ0v) is 14.3. The summed E-state index contributed by atoms with van der Waals surface area (Å²) >= 11 is 0. The summed E-state index contributed by atoms with van der Waals surface area (Å²) in [5.74, 6) is 0.640. The zero-order valence-electron chi connectivity index (χ0n) is 14.3. The fraction of sp³-hybridized carbons (Fsp3) is 0.316. The highest BCUT2D eigenvalue weighted by Crippen LogP contribution is 2.25. The molecule has 25 heavy (non-hydrogen) atoms. The monoisotopic (exact) mass is 335 g/mol. The lowest BCUT2D eigenvalue weighted by atomic mass is 10.2. The molecular formula is C19H21N5O. The number of ether oxygens (including phenoxy) is 1. The Morgan fingerprint density at radius 1 is 1.00 bits per heavy atom. The number of para-hydroxylation sites is 2. The average molecular weight is 335 g/mol. The van der Waals surface area contributed by atoms with Crippen molar-refractivity contribution in [1.29, 1.82) is 0 Å². The molecule has 4 rings (SSSR count). The Kier molecular flexibility index (Phi) is 4.43. The summed E-state index contributed by atoms with van der Waals surface area (Å²) < 4.78 is 7.47. The lowest BCUT2D eigenvalue weighted by Crippen LogP contribution is -2.36. The van der Waals surface area contributed by atoms with Gasteiger partial charge in [-0.1, -0.05) is 12.1 Å². The highest BCUT2D eigenvalue weighted by molar-refractivity contribution is 5.77. The third kappa shape index (κ3) is 3.25. The third-order valence-electron chi connectivity index (χ3n) is 4.43. The first kappa shape index (κ1) is 15.8. The molecule has 0 N–H and O–H groups in total. The van der Waals surface area contributed by atoms with Crippen molar-refractivity contribution in [2.24, 2.45) is 10.2 Å². The second-order valence-corrected chi connectivity index (χ2v) is 5.96. The molecule has 6 heteroatoms. The van der Waals surface area contributed by atoms with E-state index in [2.05, 4.69) is 49.8 Å². The number of hydrogen-bond donors (Lipinski definition) is 0. The smallest absolute Gasteiger partial charge is 0.250 e. The Morgan fingerprint density at radius 3 is 2.52 bits per heavy atom. The second kappa shape index (κ2) is 7.03. The van der Waals surface area contributed by atoms with Crippen LogP contribution >= 0.6 is 0 Å². The van der Waals surface area contributed by atoms with E-state index in [0.29, 0.717) is 5.95 Å². The van der Waals surface area contributed by atoms with Gasteiger partial charge in [-0.15, -0.1) is 10.2 Å². The van der Waals surface area contributed by atoms with E-state index in [9.17, 15) is 0 Å². The summed E-state index contributed by atoms with van der Waals surface area (Å²) in [4.78, 5) is 6.89. The van der Waals surface area contributed by atoms with Crippen molar-refractivity contribution in [3.8, 4) is 0 Å². The number of azo groups is 1. The predicted octanol–water partition coefficient (Wildman–Crippen LogP) is 4.31. The first-order valence-electron chi connectivity index (χ1n) is 8.65. The Balaban J connectivity index is 1.55. The van der Waals surface area contributed by atoms with Crippen LogP contribution in [0.5, 0.6) is 0 Å². The summed E-state index contributed by atoms with van der Waals surface area (Å²) in [6, 6.07) is 16.2. The molecule has 1 saturated heterocycles. The summed E-state index contributed by atoms with van der Waals surface area (Å²) in [6.45, 7) is 6.33. The van der Waals surface area contributed by atoms with Crippen molar-refractivity contribution in [2.45, 2.75) is 13.5 Å². The number of aromatic nitrogens is 2. The first-order chi connectivity index (χ1) is 12.3. The molecular weight excluding hydrogens is 314 g/mol. The van der Waals surface area contributed by atoms with Crippen molar-refractivity contribution in [2.75, 3.05) is 31.2 Å². The molecule has 0 spiro atoms. The maximum atomic E-state index is 5.39. The fourth-order valence-electron chi connectivity index (χ4n) is 3.11. The van der Waals surface area contributed by atoms with Crippen LogP contribution in [0.3, 0.4) is 0 Å². The third-order valence-corrected chi connectivity index (χ3v) is 4.43. The van der Waals surface area contributed by atoms with Gasteiger partial charge in [0.2, 0.25) is 5.95 Å². The van der Waals surface area contributed by atoms with Gasteiger partial charge in [-0.2, -0.15) is 0 Å². The maximum Gasteiger partial charge on any atom is 0.250 e. The van der Waals surface area contributed by atoms with Gasteiger partial charge in [-0.25, -0.2) is 4.98 Å². The molecule has 0 radical (unpaired) electrons. The van der Waals surface area contributed by atoms with Crippen molar-refractivity contribution in [1.82, 2.24) is 9.55 Å². The molecule has 0 aliphatic carbocycles. The van der Waals surface area contributed by atoms with Gasteiger partial charge in [0.1, 0.15) is 0 Å². The molecule has 128 valence electrons. The SMILES string of the molecule is CCn1c(N=Nc2ccc(N3CCOCC3)cc2)nc2ccccc21. The van der Waals surface area contributed by atoms with Crippen molar-refractivity contribution < 1.29 is 4.74 Å². The number of nitrogens with zero attached hydrogens (tertiary/aromatic N) is 5. The van der Waals surface area contributed by atoms with E-state index < -0.39 is 0 Å². The Morgan fingerprint density at radius 2 is 1.76 bits per heavy atom. The molecule has 0 amide bonds. The minimum atomic E-state index is 0.640. The van der Waals surface area contributed by atoms with E-state index in [1.165, 1.54) is 5.69 Å². The molecule has 0 bridgehead atoms. The predicted molar refractivity (Wildman–Crippen MR) is 99.1 cm³/mol. The molecule has 6 nitrogen and oxygen atoms in total. The number of morpholine rings is 1. The van der Waals surface area contributed by atoms with Gasteiger partial charge in [0.05, 0.1) is 29.9 Å². The van der Waals surface area contributed by atoms with Gasteiger partial charge in [-0.3, -0.25) is 0 Å². The highest BCUT2D eigenvalue weighted by atomic mass is 16.5. The number of fused-ring (bicyclic) bond motifs is 1. The largest absolute Gasteiger partial charge is 0.378 e. The summed E-state index contributed by atoms with van der Waals surface area (Å²) in [7, 11) is 0. The van der Waals surface area contributed by atoms with Crippen LogP contribution in [0.4, 0.5) is 17.3 Å². The quantitative estimate of drug-likeness (QED) is 0.668. The number of hydrogen-bond acceptors (Lipinski definition) is 5. The van der Waals surface area contributed by atoms with Crippen LogP contribution < -0.4 is 4.90 Å². The Bertz CT molecular complexity index is 878. The van der Waals surface area contributed by atoms with Crippen molar-refractivity contribution in [3.05, 3.63) is 48.5 Å². The molecule has 0 saturated carbocycles. The number of rotatable bonds is 4. The molecule has 3 aromatic rings. The number of anilines is 1. The molecule has 0 atom stereocenters. The van der Waals surface area contributed by atoms with Crippen LogP contribution in [0.15, 0.2) is 58.8 Å². The minimum absolute atomic E-state index is 0.640. The lowest BCUT2D eigenvalue weighted by molar-refractivity contribution is 0.122. The number of imidazole rings is 1. The molecule has 1 aromatic heterocycles. The van der Waals surface area contributed by atoms with E-state index in [0.717, 1.165) is 49.6 Å². The lowest BCUT2D eigenvalue weighted by Gasteiger charge is -2.28. The first-order valence-corrected chi connectivity index (χ1v) is 8.65. The van der Waals surface area contributed by atoms with E-state index in [4.69, 9.17) is 4.74 Å². The number of benzene rings is 2. The van der Waals surface area contributed by atoms with E-state index >= 15 is 0 Å². The van der Waals surface area contributed by atoms with Crippen LogP contribution in [0.1, 0.15) is 6.92 Å². The van der Waals surface area contributed by atoms with Gasteiger partial charge in [0.15, 0.2) is 0 Å². The maximum absolute atomic E-state index is 5.39. The molecule has 1 fully saturated rings. The fourth-order valence-corrected chi connectivity index (χ4v) is 3.11. The Hall–Kier alpha value is -2.73. The van der Waals surface area contributed by atoms with Crippen LogP contribution in [-0.2, 0) is 11.3 Å². The second-order valence-electron chi connectivity index (χ2n) is 5.96. The zero-order chi connectivity index (χ0) is 17.1. The number of aryl methyl sites for hydroxylation is 1. The van der Waals surface area contributed by atoms with Crippen LogP contribution in [0.2, 0.25) is 0 Å². The summed E-state index contributed by atoms with van der Waals surface area (Å²) in [6.07, 6.45) is 0. The highest BCUT2D eigenvalue weighted by Gasteiger charge is 2.11.